The molecule has 0 fully saturated rings. The number of nitrogens with one attached hydrogen (secondary N) is 1. The molecule has 2 aromatic rings. The summed E-state index contributed by atoms with van der Waals surface area (Å²) in [5.41, 5.74) is 2.21. The summed E-state index contributed by atoms with van der Waals surface area (Å²) < 4.78 is 0. The molecule has 2 rings (SSSR count). The number of hydrogen-bond acceptors (Lipinski definition) is 3. The van der Waals surface area contributed by atoms with Gasteiger partial charge in [0, 0.05) is 30.5 Å². The van der Waals surface area contributed by atoms with Gasteiger partial charge in [-0.05, 0) is 31.4 Å². The Bertz CT molecular complexity index is 547. The van der Waals surface area contributed by atoms with Crippen LogP contribution in [-0.2, 0) is 0 Å². The molecule has 0 aliphatic heterocycles. The van der Waals surface area contributed by atoms with E-state index in [1.54, 1.807) is 6.20 Å². The Balaban J connectivity index is 2.13. The second-order valence-electron chi connectivity index (χ2n) is 5.10. The molecule has 1 aromatic carbocycles. The van der Waals surface area contributed by atoms with E-state index < -0.39 is 0 Å². The molecule has 0 aliphatic carbocycles. The SMILES string of the molecule is CC(NC(CCCO)c1ccccc1)c1cccnc1Cl. The summed E-state index contributed by atoms with van der Waals surface area (Å²) in [6.07, 6.45) is 3.34. The van der Waals surface area contributed by atoms with Gasteiger partial charge in [0.05, 0.1) is 0 Å². The molecule has 0 spiro atoms. The van der Waals surface area contributed by atoms with Crippen LogP contribution in [-0.4, -0.2) is 16.7 Å². The summed E-state index contributed by atoms with van der Waals surface area (Å²) in [6.45, 7) is 2.28. The summed E-state index contributed by atoms with van der Waals surface area (Å²) >= 11 is 6.16. The van der Waals surface area contributed by atoms with E-state index in [-0.39, 0.29) is 18.7 Å². The fourth-order valence-electron chi connectivity index (χ4n) is 2.44. The Morgan fingerprint density at radius 1 is 1.19 bits per heavy atom. The van der Waals surface area contributed by atoms with Gasteiger partial charge in [0.1, 0.15) is 5.15 Å². The molecule has 0 saturated carbocycles. The first-order chi connectivity index (χ1) is 10.2. The largest absolute Gasteiger partial charge is 0.396 e. The van der Waals surface area contributed by atoms with Crippen molar-refractivity contribution in [3.8, 4) is 0 Å². The molecule has 1 aromatic heterocycles. The van der Waals surface area contributed by atoms with Crippen LogP contribution in [0.1, 0.15) is 43.0 Å². The maximum Gasteiger partial charge on any atom is 0.133 e. The lowest BCUT2D eigenvalue weighted by molar-refractivity contribution is 0.272. The Morgan fingerprint density at radius 3 is 2.62 bits per heavy atom. The molecule has 1 heterocycles. The topological polar surface area (TPSA) is 45.1 Å². The van der Waals surface area contributed by atoms with Gasteiger partial charge in [0.25, 0.3) is 0 Å². The molecule has 21 heavy (non-hydrogen) atoms. The van der Waals surface area contributed by atoms with E-state index in [0.29, 0.717) is 5.15 Å². The minimum Gasteiger partial charge on any atom is -0.396 e. The van der Waals surface area contributed by atoms with E-state index in [9.17, 15) is 0 Å². The van der Waals surface area contributed by atoms with Crippen molar-refractivity contribution in [2.24, 2.45) is 0 Å². The van der Waals surface area contributed by atoms with Gasteiger partial charge in [0.2, 0.25) is 0 Å². The lowest BCUT2D eigenvalue weighted by Gasteiger charge is -2.24. The van der Waals surface area contributed by atoms with E-state index in [0.717, 1.165) is 18.4 Å². The molecule has 2 atom stereocenters. The van der Waals surface area contributed by atoms with Gasteiger partial charge in [0.15, 0.2) is 0 Å². The van der Waals surface area contributed by atoms with Crippen molar-refractivity contribution in [3.63, 3.8) is 0 Å². The van der Waals surface area contributed by atoms with Crippen molar-refractivity contribution in [1.29, 1.82) is 0 Å². The van der Waals surface area contributed by atoms with Gasteiger partial charge >= 0.3 is 0 Å². The Morgan fingerprint density at radius 2 is 1.95 bits per heavy atom. The Hall–Kier alpha value is -1.42. The Labute approximate surface area is 131 Å². The highest BCUT2D eigenvalue weighted by Gasteiger charge is 2.17. The number of rotatable bonds is 7. The molecule has 4 heteroatoms. The zero-order chi connectivity index (χ0) is 15.1. The zero-order valence-electron chi connectivity index (χ0n) is 12.2. The number of aliphatic hydroxyl groups is 1. The first-order valence-electron chi connectivity index (χ1n) is 7.24. The van der Waals surface area contributed by atoms with Crippen molar-refractivity contribution in [2.45, 2.75) is 31.8 Å². The lowest BCUT2D eigenvalue weighted by Crippen LogP contribution is -2.25. The highest BCUT2D eigenvalue weighted by atomic mass is 35.5. The van der Waals surface area contributed by atoms with Gasteiger partial charge in [-0.2, -0.15) is 0 Å². The average molecular weight is 305 g/mol. The van der Waals surface area contributed by atoms with Crippen LogP contribution >= 0.6 is 11.6 Å². The molecule has 0 bridgehead atoms. The molecule has 3 nitrogen and oxygen atoms in total. The molecular formula is C17H21ClN2O. The third kappa shape index (κ3) is 4.53. The van der Waals surface area contributed by atoms with E-state index in [1.807, 2.05) is 30.3 Å². The predicted octanol–water partition coefficient (Wildman–Crippen LogP) is 3.90. The van der Waals surface area contributed by atoms with E-state index in [2.05, 4.69) is 29.4 Å². The standard InChI is InChI=1S/C17H21ClN2O/c1-13(15-9-5-11-19-17(15)18)20-16(10-6-12-21)14-7-3-2-4-8-14/h2-5,7-9,11,13,16,20-21H,6,10,12H2,1H3. The highest BCUT2D eigenvalue weighted by molar-refractivity contribution is 6.30. The van der Waals surface area contributed by atoms with Crippen molar-refractivity contribution in [3.05, 3.63) is 64.9 Å². The van der Waals surface area contributed by atoms with Gasteiger partial charge < -0.3 is 10.4 Å². The first kappa shape index (κ1) is 16.0. The number of aliphatic hydroxyl groups excluding tert-OH is 1. The maximum absolute atomic E-state index is 9.10. The van der Waals surface area contributed by atoms with E-state index in [4.69, 9.17) is 16.7 Å². The predicted molar refractivity (Wildman–Crippen MR) is 86.3 cm³/mol. The minimum absolute atomic E-state index is 0.0927. The van der Waals surface area contributed by atoms with Crippen LogP contribution in [0.15, 0.2) is 48.7 Å². The second kappa shape index (κ2) is 8.13. The van der Waals surface area contributed by atoms with E-state index in [1.165, 1.54) is 5.56 Å². The van der Waals surface area contributed by atoms with Gasteiger partial charge in [-0.1, -0.05) is 48.0 Å². The van der Waals surface area contributed by atoms with Crippen LogP contribution in [0.5, 0.6) is 0 Å². The maximum atomic E-state index is 9.10. The number of aromatic nitrogens is 1. The lowest BCUT2D eigenvalue weighted by atomic mass is 10.00. The fourth-order valence-corrected chi connectivity index (χ4v) is 2.72. The smallest absolute Gasteiger partial charge is 0.133 e. The van der Waals surface area contributed by atoms with Gasteiger partial charge in [-0.15, -0.1) is 0 Å². The molecule has 0 aliphatic rings. The van der Waals surface area contributed by atoms with Crippen LogP contribution < -0.4 is 5.32 Å². The Kier molecular flexibility index (Phi) is 6.18. The number of hydrogen-bond donors (Lipinski definition) is 2. The first-order valence-corrected chi connectivity index (χ1v) is 7.62. The minimum atomic E-state index is 0.0927. The summed E-state index contributed by atoms with van der Waals surface area (Å²) in [6, 6.07) is 14.4. The summed E-state index contributed by atoms with van der Waals surface area (Å²) in [5.74, 6) is 0. The van der Waals surface area contributed by atoms with Crippen molar-refractivity contribution in [2.75, 3.05) is 6.61 Å². The second-order valence-corrected chi connectivity index (χ2v) is 5.46. The quantitative estimate of drug-likeness (QED) is 0.763. The van der Waals surface area contributed by atoms with E-state index >= 15 is 0 Å². The van der Waals surface area contributed by atoms with Crippen molar-refractivity contribution in [1.82, 2.24) is 10.3 Å². The number of pyridine rings is 1. The van der Waals surface area contributed by atoms with Crippen molar-refractivity contribution >= 4 is 11.6 Å². The summed E-state index contributed by atoms with van der Waals surface area (Å²) in [7, 11) is 0. The fraction of sp³-hybridized carbons (Fsp3) is 0.353. The molecule has 0 radical (unpaired) electrons. The van der Waals surface area contributed by atoms with Crippen LogP contribution in [0.25, 0.3) is 0 Å². The number of halogens is 1. The van der Waals surface area contributed by atoms with Gasteiger partial charge in [-0.25, -0.2) is 4.98 Å². The van der Waals surface area contributed by atoms with Crippen LogP contribution in [0.3, 0.4) is 0 Å². The van der Waals surface area contributed by atoms with Crippen LogP contribution in [0.2, 0.25) is 5.15 Å². The van der Waals surface area contributed by atoms with Crippen molar-refractivity contribution < 1.29 is 5.11 Å². The van der Waals surface area contributed by atoms with Gasteiger partial charge in [-0.3, -0.25) is 0 Å². The molecule has 0 saturated heterocycles. The molecule has 2 unspecified atom stereocenters. The zero-order valence-corrected chi connectivity index (χ0v) is 12.9. The third-order valence-electron chi connectivity index (χ3n) is 3.56. The highest BCUT2D eigenvalue weighted by Crippen LogP contribution is 2.26. The molecular weight excluding hydrogens is 284 g/mol. The average Bonchev–Trinajstić information content (AvgIpc) is 2.52. The number of benzene rings is 1. The number of nitrogens with zero attached hydrogens (tertiary/aromatic N) is 1. The normalized spacial score (nSPS) is 13.9. The summed E-state index contributed by atoms with van der Waals surface area (Å²) in [5, 5.41) is 13.2. The molecule has 112 valence electrons. The van der Waals surface area contributed by atoms with Crippen LogP contribution in [0, 0.1) is 0 Å². The third-order valence-corrected chi connectivity index (χ3v) is 3.87. The summed E-state index contributed by atoms with van der Waals surface area (Å²) in [4.78, 5) is 4.13. The molecule has 0 amide bonds. The molecule has 2 N–H and O–H groups in total. The monoisotopic (exact) mass is 304 g/mol. The van der Waals surface area contributed by atoms with Crippen LogP contribution in [0.4, 0.5) is 0 Å².